The first-order valence-corrected chi connectivity index (χ1v) is 11.4. The third-order valence-corrected chi connectivity index (χ3v) is 6.26. The molecule has 8 nitrogen and oxygen atoms in total. The monoisotopic (exact) mass is 468 g/mol. The van der Waals surface area contributed by atoms with Crippen LogP contribution in [0.5, 0.6) is 11.5 Å². The summed E-state index contributed by atoms with van der Waals surface area (Å²) in [6.45, 7) is 9.40. The minimum absolute atomic E-state index is 0.0756. The second kappa shape index (κ2) is 12.0. The predicted molar refractivity (Wildman–Crippen MR) is 125 cm³/mol. The Morgan fingerprint density at radius 3 is 2.09 bits per heavy atom. The minimum Gasteiger partial charge on any atom is -0.493 e. The van der Waals surface area contributed by atoms with Crippen molar-refractivity contribution in [1.82, 2.24) is 10.6 Å². The summed E-state index contributed by atoms with van der Waals surface area (Å²) in [5.74, 6) is -1.65. The fourth-order valence-electron chi connectivity index (χ4n) is 3.29. The number of carbonyl (C=O) groups excluding carboxylic acids is 2. The molecule has 0 bridgehead atoms. The maximum Gasteiger partial charge on any atom is 0.317 e. The van der Waals surface area contributed by atoms with Crippen LogP contribution >= 0.6 is 11.8 Å². The van der Waals surface area contributed by atoms with E-state index in [2.05, 4.69) is 10.6 Å². The highest BCUT2D eigenvalue weighted by Gasteiger charge is 2.39. The van der Waals surface area contributed by atoms with Crippen LogP contribution in [-0.4, -0.2) is 55.4 Å². The van der Waals surface area contributed by atoms with Gasteiger partial charge in [-0.2, -0.15) is 0 Å². The first kappa shape index (κ1) is 27.6. The number of benzene rings is 1. The van der Waals surface area contributed by atoms with Crippen LogP contribution in [0.25, 0.3) is 0 Å². The van der Waals surface area contributed by atoms with Gasteiger partial charge in [0.25, 0.3) is 0 Å². The Labute approximate surface area is 194 Å². The normalized spacial score (nSPS) is 14.3. The SMILES string of the molecule is CNC(=O)[C@@H](NC(=O)[C@H](CC(C)C)[C@H](Sc1ccc(OC)c(OC)c1)C(=O)O)C(C)(C)C. The van der Waals surface area contributed by atoms with Crippen LogP contribution in [0.1, 0.15) is 41.0 Å². The summed E-state index contributed by atoms with van der Waals surface area (Å²) in [5.41, 5.74) is -0.548. The summed E-state index contributed by atoms with van der Waals surface area (Å²) in [5, 5.41) is 14.3. The summed E-state index contributed by atoms with van der Waals surface area (Å²) >= 11 is 1.08. The number of nitrogens with one attached hydrogen (secondary N) is 2. The van der Waals surface area contributed by atoms with Crippen molar-refractivity contribution in [2.45, 2.75) is 57.2 Å². The predicted octanol–water partition coefficient (Wildman–Crippen LogP) is 3.19. The number of thioether (sulfide) groups is 1. The van der Waals surface area contributed by atoms with Crippen molar-refractivity contribution in [2.75, 3.05) is 21.3 Å². The standard InChI is InChI=1S/C23H36N2O6S/c1-13(2)11-15(20(26)25-19(21(27)24-6)23(3,4)5)18(22(28)29)32-14-9-10-16(30-7)17(12-14)31-8/h9-10,12-13,15,18-19H,11H2,1-8H3,(H,24,27)(H,25,26)(H,28,29)/t15-,18+,19-/m1/s1. The number of carbonyl (C=O) groups is 3. The lowest BCUT2D eigenvalue weighted by Crippen LogP contribution is -2.55. The molecule has 1 aromatic carbocycles. The largest absolute Gasteiger partial charge is 0.493 e. The molecule has 1 rings (SSSR count). The molecule has 9 heteroatoms. The van der Waals surface area contributed by atoms with Gasteiger partial charge in [0.1, 0.15) is 11.3 Å². The molecule has 0 aromatic heterocycles. The van der Waals surface area contributed by atoms with Crippen LogP contribution in [0, 0.1) is 17.3 Å². The van der Waals surface area contributed by atoms with E-state index in [1.165, 1.54) is 21.3 Å². The topological polar surface area (TPSA) is 114 Å². The Hall–Kier alpha value is -2.42. The van der Waals surface area contributed by atoms with Crippen LogP contribution in [0.2, 0.25) is 0 Å². The molecule has 0 aliphatic rings. The maximum atomic E-state index is 13.3. The Morgan fingerprint density at radius 1 is 1.06 bits per heavy atom. The Bertz CT molecular complexity index is 806. The lowest BCUT2D eigenvalue weighted by Gasteiger charge is -2.32. The molecule has 180 valence electrons. The van der Waals surface area contributed by atoms with E-state index in [1.807, 2.05) is 34.6 Å². The van der Waals surface area contributed by atoms with Crippen molar-refractivity contribution in [2.24, 2.45) is 17.3 Å². The van der Waals surface area contributed by atoms with E-state index in [-0.39, 0.29) is 11.8 Å². The maximum absolute atomic E-state index is 13.3. The molecule has 0 unspecified atom stereocenters. The third kappa shape index (κ3) is 7.62. The van der Waals surface area contributed by atoms with Crippen LogP contribution < -0.4 is 20.1 Å². The number of likely N-dealkylation sites (N-methyl/N-ethyl adjacent to an activating group) is 1. The molecule has 0 radical (unpaired) electrons. The quantitative estimate of drug-likeness (QED) is 0.427. The zero-order valence-electron chi connectivity index (χ0n) is 20.1. The van der Waals surface area contributed by atoms with E-state index in [1.54, 1.807) is 18.2 Å². The van der Waals surface area contributed by atoms with E-state index in [4.69, 9.17) is 9.47 Å². The number of carboxylic acid groups (broad SMARTS) is 1. The summed E-state index contributed by atoms with van der Waals surface area (Å²) in [6, 6.07) is 4.31. The Balaban J connectivity index is 3.28. The van der Waals surface area contributed by atoms with E-state index in [0.717, 1.165) is 11.8 Å². The summed E-state index contributed by atoms with van der Waals surface area (Å²) in [7, 11) is 4.53. The van der Waals surface area contributed by atoms with Gasteiger partial charge in [-0.25, -0.2) is 0 Å². The summed E-state index contributed by atoms with van der Waals surface area (Å²) in [6.07, 6.45) is 0.355. The lowest BCUT2D eigenvalue weighted by molar-refractivity contribution is -0.141. The molecule has 0 aliphatic carbocycles. The second-order valence-electron chi connectivity index (χ2n) is 9.05. The molecule has 0 heterocycles. The molecule has 32 heavy (non-hydrogen) atoms. The van der Waals surface area contributed by atoms with Gasteiger partial charge in [0.2, 0.25) is 11.8 Å². The average molecular weight is 469 g/mol. The number of methoxy groups -OCH3 is 2. The van der Waals surface area contributed by atoms with Gasteiger partial charge >= 0.3 is 5.97 Å². The van der Waals surface area contributed by atoms with Gasteiger partial charge in [0, 0.05) is 11.9 Å². The average Bonchev–Trinajstić information content (AvgIpc) is 2.72. The molecule has 1 aromatic rings. The first-order chi connectivity index (χ1) is 14.8. The van der Waals surface area contributed by atoms with E-state index in [0.29, 0.717) is 22.8 Å². The number of rotatable bonds is 11. The van der Waals surface area contributed by atoms with Crippen LogP contribution in [0.3, 0.4) is 0 Å². The van der Waals surface area contributed by atoms with Crippen molar-refractivity contribution < 1.29 is 29.0 Å². The molecule has 0 spiro atoms. The van der Waals surface area contributed by atoms with Gasteiger partial charge < -0.3 is 25.2 Å². The van der Waals surface area contributed by atoms with E-state index < -0.39 is 34.5 Å². The van der Waals surface area contributed by atoms with Crippen molar-refractivity contribution in [3.63, 3.8) is 0 Å². The van der Waals surface area contributed by atoms with Crippen molar-refractivity contribution >= 4 is 29.5 Å². The minimum atomic E-state index is -1.10. The van der Waals surface area contributed by atoms with Crippen molar-refractivity contribution in [3.8, 4) is 11.5 Å². The van der Waals surface area contributed by atoms with Crippen molar-refractivity contribution in [3.05, 3.63) is 18.2 Å². The molecule has 0 fully saturated rings. The zero-order chi connectivity index (χ0) is 24.6. The number of hydrogen-bond acceptors (Lipinski definition) is 6. The first-order valence-electron chi connectivity index (χ1n) is 10.5. The summed E-state index contributed by atoms with van der Waals surface area (Å²) in [4.78, 5) is 38.6. The van der Waals surface area contributed by atoms with Gasteiger partial charge in [-0.15, -0.1) is 11.8 Å². The highest BCUT2D eigenvalue weighted by atomic mass is 32.2. The number of ether oxygens (including phenoxy) is 2. The molecule has 3 atom stereocenters. The van der Waals surface area contributed by atoms with Gasteiger partial charge in [0.15, 0.2) is 11.5 Å². The molecular formula is C23H36N2O6S. The molecule has 2 amide bonds. The Kier molecular flexibility index (Phi) is 10.3. The highest BCUT2D eigenvalue weighted by molar-refractivity contribution is 8.00. The van der Waals surface area contributed by atoms with Crippen LogP contribution in [-0.2, 0) is 14.4 Å². The molecule has 3 N–H and O–H groups in total. The molecular weight excluding hydrogens is 432 g/mol. The molecule has 0 saturated carbocycles. The van der Waals surface area contributed by atoms with Gasteiger partial charge in [0.05, 0.1) is 20.1 Å². The van der Waals surface area contributed by atoms with Crippen LogP contribution in [0.4, 0.5) is 0 Å². The number of amides is 2. The Morgan fingerprint density at radius 2 is 1.66 bits per heavy atom. The van der Waals surface area contributed by atoms with Gasteiger partial charge in [-0.3, -0.25) is 14.4 Å². The van der Waals surface area contributed by atoms with E-state index >= 15 is 0 Å². The van der Waals surface area contributed by atoms with Gasteiger partial charge in [-0.05, 0) is 36.0 Å². The van der Waals surface area contributed by atoms with Crippen molar-refractivity contribution in [1.29, 1.82) is 0 Å². The third-order valence-electron chi connectivity index (χ3n) is 4.95. The summed E-state index contributed by atoms with van der Waals surface area (Å²) < 4.78 is 10.5. The van der Waals surface area contributed by atoms with E-state index in [9.17, 15) is 19.5 Å². The highest BCUT2D eigenvalue weighted by Crippen LogP contribution is 2.37. The fraction of sp³-hybridized carbons (Fsp3) is 0.609. The zero-order valence-corrected chi connectivity index (χ0v) is 21.0. The van der Waals surface area contributed by atoms with Crippen LogP contribution in [0.15, 0.2) is 23.1 Å². The second-order valence-corrected chi connectivity index (χ2v) is 10.3. The number of carboxylic acids is 1. The fourth-order valence-corrected chi connectivity index (χ4v) is 4.40. The molecule has 0 saturated heterocycles. The number of hydrogen-bond donors (Lipinski definition) is 3. The van der Waals surface area contributed by atoms with Gasteiger partial charge in [-0.1, -0.05) is 34.6 Å². The smallest absolute Gasteiger partial charge is 0.317 e. The number of aliphatic carboxylic acids is 1. The lowest BCUT2D eigenvalue weighted by atomic mass is 9.85. The molecule has 0 aliphatic heterocycles.